The zero-order chi connectivity index (χ0) is 14.8. The number of hydrogen-bond acceptors (Lipinski definition) is 3. The van der Waals surface area contributed by atoms with Crippen molar-refractivity contribution in [2.45, 2.75) is 38.6 Å². The minimum atomic E-state index is -0.418. The molecule has 108 valence electrons. The van der Waals surface area contributed by atoms with Gasteiger partial charge in [0.2, 0.25) is 5.91 Å². The van der Waals surface area contributed by atoms with Crippen LogP contribution in [0.5, 0.6) is 0 Å². The Hall–Kier alpha value is -1.88. The van der Waals surface area contributed by atoms with Crippen LogP contribution in [0.4, 0.5) is 5.69 Å². The van der Waals surface area contributed by atoms with E-state index in [1.807, 2.05) is 13.8 Å². The van der Waals surface area contributed by atoms with E-state index in [9.17, 15) is 9.59 Å². The van der Waals surface area contributed by atoms with E-state index in [4.69, 9.17) is 5.11 Å². The van der Waals surface area contributed by atoms with Gasteiger partial charge in [0.05, 0.1) is 6.42 Å². The maximum Gasteiger partial charge on any atom is 0.251 e. The molecule has 0 aliphatic carbocycles. The van der Waals surface area contributed by atoms with E-state index in [1.165, 1.54) is 0 Å². The first-order chi connectivity index (χ1) is 9.47. The predicted octanol–water partition coefficient (Wildman–Crippen LogP) is 1.46. The maximum absolute atomic E-state index is 12.3. The van der Waals surface area contributed by atoms with Crippen LogP contribution in [-0.2, 0) is 11.2 Å². The topological polar surface area (TPSA) is 78.4 Å². The number of benzene rings is 1. The molecule has 1 aliphatic rings. The van der Waals surface area contributed by atoms with Crippen molar-refractivity contribution >= 4 is 17.5 Å². The van der Waals surface area contributed by atoms with Crippen molar-refractivity contribution in [3.63, 3.8) is 0 Å². The van der Waals surface area contributed by atoms with Crippen LogP contribution in [0.2, 0.25) is 0 Å². The molecule has 0 aromatic heterocycles. The molecule has 1 aromatic rings. The molecule has 1 atom stereocenters. The molecule has 0 saturated heterocycles. The molecule has 1 aromatic carbocycles. The molecule has 2 amide bonds. The summed E-state index contributed by atoms with van der Waals surface area (Å²) in [5.74, 6) is -0.221. The highest BCUT2D eigenvalue weighted by Gasteiger charge is 2.25. The first kappa shape index (κ1) is 14.5. The summed E-state index contributed by atoms with van der Waals surface area (Å²) < 4.78 is 0. The van der Waals surface area contributed by atoms with E-state index in [0.29, 0.717) is 18.4 Å². The van der Waals surface area contributed by atoms with Gasteiger partial charge in [-0.25, -0.2) is 0 Å². The lowest BCUT2D eigenvalue weighted by molar-refractivity contribution is -0.115. The number of nitrogens with one attached hydrogen (secondary N) is 2. The summed E-state index contributed by atoms with van der Waals surface area (Å²) in [5.41, 5.74) is 1.75. The Morgan fingerprint density at radius 3 is 2.90 bits per heavy atom. The second-order valence-electron chi connectivity index (χ2n) is 5.44. The van der Waals surface area contributed by atoms with Crippen LogP contribution in [0, 0.1) is 0 Å². The number of carbonyl (C=O) groups excluding carboxylic acids is 2. The largest absolute Gasteiger partial charge is 0.396 e. The van der Waals surface area contributed by atoms with Gasteiger partial charge in [0.1, 0.15) is 0 Å². The first-order valence-corrected chi connectivity index (χ1v) is 6.83. The van der Waals surface area contributed by atoms with Gasteiger partial charge in [-0.1, -0.05) is 6.92 Å². The van der Waals surface area contributed by atoms with Gasteiger partial charge in [0.25, 0.3) is 5.91 Å². The number of aliphatic hydroxyl groups excluding tert-OH is 1. The van der Waals surface area contributed by atoms with Gasteiger partial charge in [0.15, 0.2) is 0 Å². The number of rotatable bonds is 5. The summed E-state index contributed by atoms with van der Waals surface area (Å²) in [7, 11) is 0. The van der Waals surface area contributed by atoms with Crippen molar-refractivity contribution in [3.05, 3.63) is 29.3 Å². The molecule has 1 unspecified atom stereocenters. The van der Waals surface area contributed by atoms with E-state index >= 15 is 0 Å². The number of fused-ring (bicyclic) bond motifs is 1. The lowest BCUT2D eigenvalue weighted by Crippen LogP contribution is -2.46. The number of anilines is 1. The molecule has 0 fully saturated rings. The molecule has 5 heteroatoms. The smallest absolute Gasteiger partial charge is 0.251 e. The molecular formula is C15H20N2O3. The summed E-state index contributed by atoms with van der Waals surface area (Å²) in [5, 5.41) is 14.8. The number of carbonyl (C=O) groups is 2. The molecule has 1 aliphatic heterocycles. The quantitative estimate of drug-likeness (QED) is 0.762. The second-order valence-corrected chi connectivity index (χ2v) is 5.44. The highest BCUT2D eigenvalue weighted by molar-refractivity contribution is 6.01. The van der Waals surface area contributed by atoms with Crippen LogP contribution in [0.25, 0.3) is 0 Å². The standard InChI is InChI=1S/C15H20N2O3/c1-3-15(2,6-7-18)17-14(20)10-4-5-12-11(8-10)9-13(19)16-12/h4-5,8,18H,3,6-7,9H2,1-2H3,(H,16,19)(H,17,20). The minimum Gasteiger partial charge on any atom is -0.396 e. The third-order valence-electron chi connectivity index (χ3n) is 3.85. The van der Waals surface area contributed by atoms with Crippen molar-refractivity contribution in [2.75, 3.05) is 11.9 Å². The van der Waals surface area contributed by atoms with Crippen molar-refractivity contribution in [2.24, 2.45) is 0 Å². The molecule has 2 rings (SSSR count). The van der Waals surface area contributed by atoms with E-state index < -0.39 is 5.54 Å². The maximum atomic E-state index is 12.3. The van der Waals surface area contributed by atoms with E-state index in [-0.39, 0.29) is 18.4 Å². The monoisotopic (exact) mass is 276 g/mol. The van der Waals surface area contributed by atoms with E-state index in [0.717, 1.165) is 17.7 Å². The average molecular weight is 276 g/mol. The highest BCUT2D eigenvalue weighted by Crippen LogP contribution is 2.24. The molecule has 0 saturated carbocycles. The number of amides is 2. The Labute approximate surface area is 118 Å². The minimum absolute atomic E-state index is 0.0350. The molecule has 3 N–H and O–H groups in total. The predicted molar refractivity (Wildman–Crippen MR) is 76.6 cm³/mol. The molecule has 0 spiro atoms. The SMILES string of the molecule is CCC(C)(CCO)NC(=O)c1ccc2c(c1)CC(=O)N2. The van der Waals surface area contributed by atoms with Gasteiger partial charge in [0, 0.05) is 23.4 Å². The zero-order valence-corrected chi connectivity index (χ0v) is 11.8. The Morgan fingerprint density at radius 1 is 1.50 bits per heavy atom. The Balaban J connectivity index is 2.14. The highest BCUT2D eigenvalue weighted by atomic mass is 16.3. The Bertz CT molecular complexity index is 542. The lowest BCUT2D eigenvalue weighted by atomic mass is 9.94. The first-order valence-electron chi connectivity index (χ1n) is 6.83. The van der Waals surface area contributed by atoms with Gasteiger partial charge >= 0.3 is 0 Å². The third kappa shape index (κ3) is 2.99. The Morgan fingerprint density at radius 2 is 2.25 bits per heavy atom. The molecule has 0 bridgehead atoms. The second kappa shape index (κ2) is 5.63. The molecular weight excluding hydrogens is 256 g/mol. The normalized spacial score (nSPS) is 16.2. The average Bonchev–Trinajstić information content (AvgIpc) is 2.77. The zero-order valence-electron chi connectivity index (χ0n) is 11.8. The van der Waals surface area contributed by atoms with Gasteiger partial charge in [-0.05, 0) is 43.5 Å². The lowest BCUT2D eigenvalue weighted by Gasteiger charge is -2.29. The number of hydrogen-bond donors (Lipinski definition) is 3. The third-order valence-corrected chi connectivity index (χ3v) is 3.85. The van der Waals surface area contributed by atoms with Crippen LogP contribution >= 0.6 is 0 Å². The van der Waals surface area contributed by atoms with Gasteiger partial charge < -0.3 is 15.7 Å². The van der Waals surface area contributed by atoms with E-state index in [2.05, 4.69) is 10.6 Å². The summed E-state index contributed by atoms with van der Waals surface area (Å²) in [6, 6.07) is 5.21. The van der Waals surface area contributed by atoms with Gasteiger partial charge in [-0.15, -0.1) is 0 Å². The van der Waals surface area contributed by atoms with Crippen molar-refractivity contribution in [3.8, 4) is 0 Å². The van der Waals surface area contributed by atoms with E-state index in [1.54, 1.807) is 18.2 Å². The number of aliphatic hydroxyl groups is 1. The molecule has 20 heavy (non-hydrogen) atoms. The summed E-state index contributed by atoms with van der Waals surface area (Å²) >= 11 is 0. The van der Waals surface area contributed by atoms with Crippen LogP contribution in [0.15, 0.2) is 18.2 Å². The van der Waals surface area contributed by atoms with Crippen LogP contribution in [0.3, 0.4) is 0 Å². The molecule has 5 nitrogen and oxygen atoms in total. The molecule has 1 heterocycles. The van der Waals surface area contributed by atoms with Crippen LogP contribution in [0.1, 0.15) is 42.6 Å². The van der Waals surface area contributed by atoms with Crippen LogP contribution < -0.4 is 10.6 Å². The van der Waals surface area contributed by atoms with Crippen molar-refractivity contribution in [1.82, 2.24) is 5.32 Å². The Kier molecular flexibility index (Phi) is 4.09. The van der Waals surface area contributed by atoms with Crippen molar-refractivity contribution in [1.29, 1.82) is 0 Å². The van der Waals surface area contributed by atoms with Crippen molar-refractivity contribution < 1.29 is 14.7 Å². The summed E-state index contributed by atoms with van der Waals surface area (Å²) in [6.07, 6.45) is 1.57. The van der Waals surface area contributed by atoms with Gasteiger partial charge in [-0.3, -0.25) is 9.59 Å². The molecule has 0 radical (unpaired) electrons. The van der Waals surface area contributed by atoms with Gasteiger partial charge in [-0.2, -0.15) is 0 Å². The summed E-state index contributed by atoms with van der Waals surface area (Å²) in [4.78, 5) is 23.6. The fourth-order valence-electron chi connectivity index (χ4n) is 2.29. The fraction of sp³-hybridized carbons (Fsp3) is 0.467. The fourth-order valence-corrected chi connectivity index (χ4v) is 2.29. The summed E-state index contributed by atoms with van der Waals surface area (Å²) in [6.45, 7) is 3.92. The van der Waals surface area contributed by atoms with Crippen LogP contribution in [-0.4, -0.2) is 29.1 Å².